The van der Waals surface area contributed by atoms with Crippen LogP contribution in [0.4, 0.5) is 0 Å². The zero-order chi connectivity index (χ0) is 8.39. The average Bonchev–Trinajstić information content (AvgIpc) is 2.50. The van der Waals surface area contributed by atoms with Crippen molar-refractivity contribution in [2.24, 2.45) is 0 Å². The van der Waals surface area contributed by atoms with E-state index in [0.29, 0.717) is 6.42 Å². The van der Waals surface area contributed by atoms with E-state index in [9.17, 15) is 0 Å². The molecule has 2 aromatic rings. The van der Waals surface area contributed by atoms with E-state index < -0.39 is 0 Å². The summed E-state index contributed by atoms with van der Waals surface area (Å²) in [5.41, 5.74) is 2.18. The smallest absolute Gasteiger partial charge is 0.0670 e. The topological polar surface area (TPSA) is 39.6 Å². The van der Waals surface area contributed by atoms with Gasteiger partial charge < -0.3 is 4.98 Å². The lowest BCUT2D eigenvalue weighted by molar-refractivity contribution is 1.28. The Morgan fingerprint density at radius 2 is 2.17 bits per heavy atom. The summed E-state index contributed by atoms with van der Waals surface area (Å²) in [6.45, 7) is 0. The lowest BCUT2D eigenvalue weighted by Gasteiger charge is -1.89. The number of rotatable bonds is 1. The normalized spacial score (nSPS) is 9.92. The highest BCUT2D eigenvalue weighted by Crippen LogP contribution is 2.17. The van der Waals surface area contributed by atoms with Gasteiger partial charge in [-0.15, -0.1) is 0 Å². The van der Waals surface area contributed by atoms with Gasteiger partial charge >= 0.3 is 0 Å². The van der Waals surface area contributed by atoms with Gasteiger partial charge in [0.15, 0.2) is 0 Å². The van der Waals surface area contributed by atoms with Gasteiger partial charge in [-0.2, -0.15) is 5.26 Å². The third-order valence-corrected chi connectivity index (χ3v) is 1.94. The molecule has 0 unspecified atom stereocenters. The highest BCUT2D eigenvalue weighted by atomic mass is 14.7. The Bertz CT molecular complexity index is 434. The molecular formula is C10H8N2. The highest BCUT2D eigenvalue weighted by Gasteiger charge is 2.00. The van der Waals surface area contributed by atoms with Crippen molar-refractivity contribution in [3.05, 3.63) is 36.0 Å². The summed E-state index contributed by atoms with van der Waals surface area (Å²) >= 11 is 0. The molecule has 0 radical (unpaired) electrons. The molecule has 0 spiro atoms. The molecule has 2 rings (SSSR count). The molecule has 0 amide bonds. The Hall–Kier alpha value is -1.75. The summed E-state index contributed by atoms with van der Waals surface area (Å²) in [7, 11) is 0. The van der Waals surface area contributed by atoms with Crippen LogP contribution < -0.4 is 0 Å². The number of nitrogens with one attached hydrogen (secondary N) is 1. The zero-order valence-electron chi connectivity index (χ0n) is 6.54. The van der Waals surface area contributed by atoms with Crippen LogP contribution in [0.2, 0.25) is 0 Å². The molecule has 1 aromatic heterocycles. The predicted molar refractivity (Wildman–Crippen MR) is 47.6 cm³/mol. The van der Waals surface area contributed by atoms with E-state index >= 15 is 0 Å². The average molecular weight is 155 g/mol. The molecule has 12 heavy (non-hydrogen) atoms. The molecule has 2 heteroatoms. The molecule has 0 atom stereocenters. The van der Waals surface area contributed by atoms with Gasteiger partial charge in [0, 0.05) is 17.1 Å². The van der Waals surface area contributed by atoms with Crippen molar-refractivity contribution in [2.75, 3.05) is 0 Å². The van der Waals surface area contributed by atoms with Crippen LogP contribution in [0.1, 0.15) is 5.56 Å². The molecule has 0 saturated carbocycles. The Labute approximate surface area is 70.4 Å². The van der Waals surface area contributed by atoms with Crippen LogP contribution in [0.3, 0.4) is 0 Å². The standard InChI is InChI=1S/C10H8N2/c11-6-5-8-7-12-10-4-2-1-3-9(8)10/h1-4,7,12H,5H2/i6-1. The first kappa shape index (κ1) is 6.93. The highest BCUT2D eigenvalue weighted by molar-refractivity contribution is 5.83. The Balaban J connectivity index is 2.64. The van der Waals surface area contributed by atoms with E-state index in [0.717, 1.165) is 16.5 Å². The van der Waals surface area contributed by atoms with Gasteiger partial charge in [0.05, 0.1) is 12.5 Å². The maximum Gasteiger partial charge on any atom is 0.0670 e. The Morgan fingerprint density at radius 3 is 3.00 bits per heavy atom. The van der Waals surface area contributed by atoms with Crippen LogP contribution >= 0.6 is 0 Å². The van der Waals surface area contributed by atoms with Crippen molar-refractivity contribution < 1.29 is 0 Å². The number of benzene rings is 1. The number of aromatic amines is 1. The number of aromatic nitrogens is 1. The van der Waals surface area contributed by atoms with Gasteiger partial charge in [-0.1, -0.05) is 18.2 Å². The lowest BCUT2D eigenvalue weighted by Crippen LogP contribution is -1.75. The number of hydrogen-bond donors (Lipinski definition) is 1. The molecule has 0 aliphatic heterocycles. The first-order valence-corrected chi connectivity index (χ1v) is 3.84. The first-order chi connectivity index (χ1) is 5.92. The Kier molecular flexibility index (Phi) is 1.56. The van der Waals surface area contributed by atoms with Crippen LogP contribution in [0.5, 0.6) is 0 Å². The van der Waals surface area contributed by atoms with Crippen molar-refractivity contribution in [3.8, 4) is 6.07 Å². The van der Waals surface area contributed by atoms with Gasteiger partial charge in [-0.3, -0.25) is 0 Å². The SMILES string of the molecule is N#[11C]Cc1c[nH]c2ccccc12. The summed E-state index contributed by atoms with van der Waals surface area (Å²) in [5.74, 6) is 0. The van der Waals surface area contributed by atoms with Crippen LogP contribution in [0.15, 0.2) is 30.5 Å². The minimum Gasteiger partial charge on any atom is -0.361 e. The number of hydrogen-bond acceptors (Lipinski definition) is 1. The van der Waals surface area contributed by atoms with Crippen LogP contribution in [-0.4, -0.2) is 4.98 Å². The maximum absolute atomic E-state index is 8.53. The van der Waals surface area contributed by atoms with Crippen LogP contribution in [-0.2, 0) is 6.42 Å². The molecule has 58 valence electrons. The number of H-pyrrole nitrogens is 1. The molecular weight excluding hydrogens is 147 g/mol. The number of fused-ring (bicyclic) bond motifs is 1. The second-order valence-electron chi connectivity index (χ2n) is 2.69. The van der Waals surface area contributed by atoms with Gasteiger partial charge in [0.2, 0.25) is 0 Å². The van der Waals surface area contributed by atoms with Crippen molar-refractivity contribution in [2.45, 2.75) is 6.42 Å². The second kappa shape index (κ2) is 2.71. The molecule has 1 heterocycles. The van der Waals surface area contributed by atoms with Crippen molar-refractivity contribution in [1.29, 1.82) is 5.26 Å². The number of para-hydroxylation sites is 1. The van der Waals surface area contributed by atoms with Crippen LogP contribution in [0.25, 0.3) is 10.9 Å². The monoisotopic (exact) mass is 155 g/mol. The lowest BCUT2D eigenvalue weighted by atomic mass is 10.0. The molecule has 2 nitrogen and oxygen atoms in total. The molecule has 0 aliphatic rings. The van der Waals surface area contributed by atoms with Crippen molar-refractivity contribution in [3.63, 3.8) is 0 Å². The fourth-order valence-corrected chi connectivity index (χ4v) is 1.36. The summed E-state index contributed by atoms with van der Waals surface area (Å²) in [6, 6.07) is 10.1. The second-order valence-corrected chi connectivity index (χ2v) is 2.69. The van der Waals surface area contributed by atoms with E-state index in [1.165, 1.54) is 0 Å². The summed E-state index contributed by atoms with van der Waals surface area (Å²) in [6.07, 6.45) is 2.37. The fourth-order valence-electron chi connectivity index (χ4n) is 1.36. The quantitative estimate of drug-likeness (QED) is 0.673. The third kappa shape index (κ3) is 0.960. The summed E-state index contributed by atoms with van der Waals surface area (Å²) in [5, 5.41) is 9.69. The molecule has 0 aliphatic carbocycles. The minimum atomic E-state index is 0.476. The van der Waals surface area contributed by atoms with Crippen molar-refractivity contribution >= 4 is 10.9 Å². The first-order valence-electron chi connectivity index (χ1n) is 3.84. The predicted octanol–water partition coefficient (Wildman–Crippen LogP) is 2.23. The van der Waals surface area contributed by atoms with Crippen molar-refractivity contribution in [1.82, 2.24) is 4.98 Å². The zero-order valence-corrected chi connectivity index (χ0v) is 6.54. The summed E-state index contributed by atoms with van der Waals surface area (Å²) in [4.78, 5) is 3.12. The molecule has 1 N–H and O–H groups in total. The summed E-state index contributed by atoms with van der Waals surface area (Å²) < 4.78 is 0. The molecule has 1 aromatic carbocycles. The van der Waals surface area contributed by atoms with E-state index in [-0.39, 0.29) is 0 Å². The third-order valence-electron chi connectivity index (χ3n) is 1.94. The fraction of sp³-hybridized carbons (Fsp3) is 0.100. The largest absolute Gasteiger partial charge is 0.361 e. The van der Waals surface area contributed by atoms with Gasteiger partial charge in [0.1, 0.15) is 0 Å². The maximum atomic E-state index is 8.53. The van der Waals surface area contributed by atoms with Crippen LogP contribution in [0, 0.1) is 11.3 Å². The van der Waals surface area contributed by atoms with E-state index in [1.807, 2.05) is 30.5 Å². The van der Waals surface area contributed by atoms with E-state index in [4.69, 9.17) is 5.26 Å². The van der Waals surface area contributed by atoms with Gasteiger partial charge in [-0.25, -0.2) is 0 Å². The Morgan fingerprint density at radius 1 is 1.33 bits per heavy atom. The molecule has 0 fully saturated rings. The van der Waals surface area contributed by atoms with E-state index in [1.54, 1.807) is 0 Å². The van der Waals surface area contributed by atoms with Gasteiger partial charge in [0.25, 0.3) is 0 Å². The number of nitrogens with zero attached hydrogens (tertiary/aromatic N) is 1. The minimum absolute atomic E-state index is 0.476. The molecule has 0 saturated heterocycles. The molecule has 0 bridgehead atoms. The number of nitriles is 1. The van der Waals surface area contributed by atoms with E-state index in [2.05, 4.69) is 11.1 Å². The van der Waals surface area contributed by atoms with Gasteiger partial charge in [-0.05, 0) is 11.6 Å².